The minimum atomic E-state index is -1.86. The van der Waals surface area contributed by atoms with Crippen molar-refractivity contribution < 1.29 is 28.5 Å². The Bertz CT molecular complexity index is 1540. The van der Waals surface area contributed by atoms with Gasteiger partial charge in [0.1, 0.15) is 5.82 Å². The zero-order valence-electron chi connectivity index (χ0n) is 18.8. The maximum absolute atomic E-state index is 15.3. The number of benzene rings is 2. The van der Waals surface area contributed by atoms with Crippen molar-refractivity contribution in [2.75, 3.05) is 0 Å². The van der Waals surface area contributed by atoms with Crippen LogP contribution >= 0.6 is 22.7 Å². The average molecular weight is 495 g/mol. The molecular weight excluding hydrogens is 476 g/mol. The normalized spacial score (nSPS) is 16.3. The minimum absolute atomic E-state index is 0.0307. The Labute approximate surface area is 203 Å². The molecule has 171 valence electrons. The summed E-state index contributed by atoms with van der Waals surface area (Å²) in [6.07, 6.45) is 0. The van der Waals surface area contributed by atoms with Crippen molar-refractivity contribution in [1.29, 1.82) is 0 Å². The molecule has 2 heterocycles. The molecule has 0 spiro atoms. The van der Waals surface area contributed by atoms with Gasteiger partial charge in [0.15, 0.2) is 10.9 Å². The molecule has 1 radical (unpaired) electrons. The fourth-order valence-corrected chi connectivity index (χ4v) is 8.42. The van der Waals surface area contributed by atoms with Gasteiger partial charge in [0.05, 0.1) is 4.78 Å². The molecule has 6 rings (SSSR count). The van der Waals surface area contributed by atoms with Crippen LogP contribution < -0.4 is 9.43 Å². The lowest BCUT2D eigenvalue weighted by Crippen LogP contribution is -2.31. The second-order valence-corrected chi connectivity index (χ2v) is 11.8. The predicted octanol–water partition coefficient (Wildman–Crippen LogP) is 4.44. The summed E-state index contributed by atoms with van der Waals surface area (Å²) in [4.78, 5) is 1.50. The highest BCUT2D eigenvalue weighted by molar-refractivity contribution is 7.25. The van der Waals surface area contributed by atoms with Crippen molar-refractivity contribution >= 4 is 53.0 Å². The van der Waals surface area contributed by atoms with Crippen LogP contribution in [-0.2, 0) is 10.8 Å². The van der Waals surface area contributed by atoms with Gasteiger partial charge in [-0.2, -0.15) is 0 Å². The molecule has 0 fully saturated rings. The van der Waals surface area contributed by atoms with Gasteiger partial charge in [-0.25, -0.2) is 8.78 Å². The molecular formula is C24H19B2F2O4S2. The summed E-state index contributed by atoms with van der Waals surface area (Å²) >= 11 is 2.24. The summed E-state index contributed by atoms with van der Waals surface area (Å²) in [5.74, 6) is -1.04. The summed E-state index contributed by atoms with van der Waals surface area (Å²) in [5, 5.41) is 30.2. The number of fused-ring (bicyclic) bond motifs is 9. The first kappa shape index (κ1) is 22.2. The van der Waals surface area contributed by atoms with Gasteiger partial charge < -0.3 is 19.7 Å². The van der Waals surface area contributed by atoms with Crippen LogP contribution in [0.3, 0.4) is 0 Å². The molecule has 2 aliphatic carbocycles. The second-order valence-electron chi connectivity index (χ2n) is 9.81. The fourth-order valence-electron chi connectivity index (χ4n) is 5.99. The van der Waals surface area contributed by atoms with Gasteiger partial charge in [-0.1, -0.05) is 63.3 Å². The average Bonchev–Trinajstić information content (AvgIpc) is 3.42. The zero-order valence-corrected chi connectivity index (χ0v) is 20.4. The van der Waals surface area contributed by atoms with E-state index >= 15 is 8.78 Å². The second kappa shape index (κ2) is 6.92. The third-order valence-electron chi connectivity index (χ3n) is 7.28. The quantitative estimate of drug-likeness (QED) is 0.368. The standard InChI is InChI=1S/C24H19B2F2O4S2/c1-23(2)13-9-6-8-12-14(24(3,4)16-18(28)22(32-25-29)34-20(12)16)10(9)5-7-11(13)19-15(23)17(27)21(33-19)26(30)31/h5-8,29-31H,1-4H3. The lowest BCUT2D eigenvalue weighted by Gasteiger charge is -2.27. The van der Waals surface area contributed by atoms with Gasteiger partial charge in [-0.05, 0) is 33.0 Å². The minimum Gasteiger partial charge on any atom is -0.528 e. The topological polar surface area (TPSA) is 69.9 Å². The number of hydrogen-bond donors (Lipinski definition) is 3. The third kappa shape index (κ3) is 2.53. The Morgan fingerprint density at radius 1 is 0.794 bits per heavy atom. The van der Waals surface area contributed by atoms with Gasteiger partial charge >= 0.3 is 14.8 Å². The molecule has 0 atom stereocenters. The maximum Gasteiger partial charge on any atom is 0.570 e. The molecule has 0 bridgehead atoms. The van der Waals surface area contributed by atoms with E-state index in [0.717, 1.165) is 54.1 Å². The number of halogens is 2. The molecule has 2 aromatic heterocycles. The lowest BCUT2D eigenvalue weighted by molar-refractivity contribution is 0.424. The van der Waals surface area contributed by atoms with E-state index in [9.17, 15) is 10.0 Å². The van der Waals surface area contributed by atoms with E-state index in [0.29, 0.717) is 18.8 Å². The van der Waals surface area contributed by atoms with Gasteiger partial charge in [0.2, 0.25) is 0 Å². The highest BCUT2D eigenvalue weighted by Crippen LogP contribution is 2.60. The molecule has 4 nitrogen and oxygen atoms in total. The molecule has 2 aromatic carbocycles. The Hall–Kier alpha value is -2.23. The summed E-state index contributed by atoms with van der Waals surface area (Å²) in [5.41, 5.74) is 3.48. The van der Waals surface area contributed by atoms with Crippen LogP contribution in [0.25, 0.3) is 31.7 Å². The first-order valence-corrected chi connectivity index (χ1v) is 12.4. The Balaban J connectivity index is 1.63. The van der Waals surface area contributed by atoms with E-state index in [1.165, 1.54) is 11.3 Å². The Kier molecular flexibility index (Phi) is 4.53. The zero-order chi connectivity index (χ0) is 24.3. The molecule has 34 heavy (non-hydrogen) atoms. The molecule has 10 heteroatoms. The Morgan fingerprint density at radius 2 is 1.29 bits per heavy atom. The van der Waals surface area contributed by atoms with Gasteiger partial charge in [0.25, 0.3) is 0 Å². The van der Waals surface area contributed by atoms with E-state index in [-0.39, 0.29) is 9.84 Å². The number of hydrogen-bond acceptors (Lipinski definition) is 6. The highest BCUT2D eigenvalue weighted by atomic mass is 32.1. The van der Waals surface area contributed by atoms with E-state index in [1.807, 2.05) is 52.0 Å². The molecule has 0 amide bonds. The molecule has 3 N–H and O–H groups in total. The maximum atomic E-state index is 15.3. The van der Waals surface area contributed by atoms with Crippen molar-refractivity contribution in [1.82, 2.24) is 0 Å². The van der Waals surface area contributed by atoms with Gasteiger partial charge in [0, 0.05) is 31.7 Å². The van der Waals surface area contributed by atoms with Crippen molar-refractivity contribution in [2.45, 2.75) is 38.5 Å². The van der Waals surface area contributed by atoms with E-state index in [2.05, 4.69) is 0 Å². The summed E-state index contributed by atoms with van der Waals surface area (Å²) in [6, 6.07) is 7.95. The number of thiophene rings is 2. The highest BCUT2D eigenvalue weighted by Gasteiger charge is 2.46. The molecule has 2 aliphatic rings. The first-order chi connectivity index (χ1) is 16.0. The smallest absolute Gasteiger partial charge is 0.528 e. The largest absolute Gasteiger partial charge is 0.570 e. The van der Waals surface area contributed by atoms with Crippen molar-refractivity contribution in [3.63, 3.8) is 0 Å². The SMILES string of the molecule is CC1(C)c2c(sc(O[B]O)c2F)-c2ccc3c4c(ccc3c21)-c1sc(B(O)O)c(F)c1C4(C)C. The van der Waals surface area contributed by atoms with E-state index in [4.69, 9.17) is 9.68 Å². The van der Waals surface area contributed by atoms with E-state index < -0.39 is 29.6 Å². The van der Waals surface area contributed by atoms with Crippen molar-refractivity contribution in [3.8, 4) is 25.9 Å². The van der Waals surface area contributed by atoms with Crippen LogP contribution in [0.2, 0.25) is 0 Å². The summed E-state index contributed by atoms with van der Waals surface area (Å²) < 4.78 is 35.5. The van der Waals surface area contributed by atoms with Crippen LogP contribution in [0.5, 0.6) is 5.06 Å². The number of rotatable bonds is 3. The summed E-state index contributed by atoms with van der Waals surface area (Å²) in [6.45, 7) is 7.85. The molecule has 0 aliphatic heterocycles. The van der Waals surface area contributed by atoms with Crippen LogP contribution in [-0.4, -0.2) is 29.9 Å². The molecule has 4 aromatic rings. The molecule has 0 saturated heterocycles. The van der Waals surface area contributed by atoms with Gasteiger partial charge in [-0.3, -0.25) is 0 Å². The van der Waals surface area contributed by atoms with E-state index in [1.54, 1.807) is 0 Å². The summed E-state index contributed by atoms with van der Waals surface area (Å²) in [7, 11) is -1.37. The molecule has 0 saturated carbocycles. The van der Waals surface area contributed by atoms with Crippen LogP contribution in [0.1, 0.15) is 49.9 Å². The first-order valence-electron chi connectivity index (χ1n) is 10.8. The monoisotopic (exact) mass is 495 g/mol. The van der Waals surface area contributed by atoms with Crippen molar-refractivity contribution in [3.05, 3.63) is 58.2 Å². The Morgan fingerprint density at radius 3 is 1.79 bits per heavy atom. The third-order valence-corrected chi connectivity index (χ3v) is 9.61. The lowest BCUT2D eigenvalue weighted by atomic mass is 9.76. The fraction of sp³-hybridized carbons (Fsp3) is 0.250. The van der Waals surface area contributed by atoms with Crippen molar-refractivity contribution in [2.24, 2.45) is 0 Å². The predicted molar refractivity (Wildman–Crippen MR) is 133 cm³/mol. The van der Waals surface area contributed by atoms with Crippen LogP contribution in [0.15, 0.2) is 24.3 Å². The molecule has 0 unspecified atom stereocenters. The van der Waals surface area contributed by atoms with Crippen LogP contribution in [0, 0.1) is 11.6 Å². The van der Waals surface area contributed by atoms with Crippen LogP contribution in [0.4, 0.5) is 8.78 Å². The van der Waals surface area contributed by atoms with Gasteiger partial charge in [-0.15, -0.1) is 11.3 Å².